The van der Waals surface area contributed by atoms with Gasteiger partial charge in [-0.15, -0.1) is 0 Å². The van der Waals surface area contributed by atoms with E-state index >= 15 is 0 Å². The molecule has 0 atom stereocenters. The van der Waals surface area contributed by atoms with Gasteiger partial charge in [-0.25, -0.2) is 5.43 Å². The predicted molar refractivity (Wildman–Crippen MR) is 83.0 cm³/mol. The molecule has 0 aliphatic heterocycles. The van der Waals surface area contributed by atoms with Crippen molar-refractivity contribution in [3.63, 3.8) is 0 Å². The minimum Gasteiger partial charge on any atom is -0.508 e. The van der Waals surface area contributed by atoms with Gasteiger partial charge in [0.25, 0.3) is 0 Å². The quantitative estimate of drug-likeness (QED) is 0.456. The molecular formula is C16H17N3O2. The smallest absolute Gasteiger partial charge is 0.244 e. The van der Waals surface area contributed by atoms with Crippen LogP contribution < -0.4 is 11.2 Å². The summed E-state index contributed by atoms with van der Waals surface area (Å²) >= 11 is 0. The third kappa shape index (κ3) is 4.35. The number of carbonyl (C=O) groups excluding carboxylic acids is 1. The van der Waals surface area contributed by atoms with E-state index in [1.807, 2.05) is 12.1 Å². The van der Waals surface area contributed by atoms with Crippen LogP contribution in [0.25, 0.3) is 0 Å². The first-order chi connectivity index (χ1) is 10.0. The first-order valence-electron chi connectivity index (χ1n) is 6.51. The van der Waals surface area contributed by atoms with Crippen LogP contribution in [0.1, 0.15) is 18.1 Å². The van der Waals surface area contributed by atoms with Crippen molar-refractivity contribution in [3.8, 4) is 5.75 Å². The Morgan fingerprint density at radius 1 is 1.24 bits per heavy atom. The zero-order valence-corrected chi connectivity index (χ0v) is 11.7. The molecule has 21 heavy (non-hydrogen) atoms. The lowest BCUT2D eigenvalue weighted by Gasteiger charge is -2.04. The lowest BCUT2D eigenvalue weighted by atomic mass is 10.1. The predicted octanol–water partition coefficient (Wildman–Crippen LogP) is 2.06. The fraction of sp³-hybridized carbons (Fsp3) is 0.125. The van der Waals surface area contributed by atoms with E-state index < -0.39 is 0 Å². The van der Waals surface area contributed by atoms with Gasteiger partial charge in [0.1, 0.15) is 5.75 Å². The highest BCUT2D eigenvalue weighted by Crippen LogP contribution is 2.10. The molecule has 0 aliphatic carbocycles. The standard InChI is InChI=1S/C16H17N3O2/c1-11(13-3-2-4-14(17)10-13)18-19-16(21)9-12-5-7-15(20)8-6-12/h2-8,10,20H,9,17H2,1H3,(H,19,21)/b18-11-. The number of carbonyl (C=O) groups is 1. The van der Waals surface area contributed by atoms with Crippen LogP contribution in [-0.4, -0.2) is 16.7 Å². The monoisotopic (exact) mass is 283 g/mol. The summed E-state index contributed by atoms with van der Waals surface area (Å²) in [6.07, 6.45) is 0.202. The number of phenolic OH excluding ortho intramolecular Hbond substituents is 1. The Hall–Kier alpha value is -2.82. The molecule has 2 rings (SSSR count). The molecule has 0 aliphatic rings. The van der Waals surface area contributed by atoms with E-state index in [0.29, 0.717) is 11.4 Å². The number of hydrogen-bond donors (Lipinski definition) is 3. The topological polar surface area (TPSA) is 87.7 Å². The molecule has 0 radical (unpaired) electrons. The number of aromatic hydroxyl groups is 1. The molecule has 0 saturated carbocycles. The number of hydrogen-bond acceptors (Lipinski definition) is 4. The van der Waals surface area contributed by atoms with Gasteiger partial charge in [0.05, 0.1) is 12.1 Å². The molecule has 4 N–H and O–H groups in total. The number of amides is 1. The average Bonchev–Trinajstić information content (AvgIpc) is 2.47. The molecule has 5 nitrogen and oxygen atoms in total. The summed E-state index contributed by atoms with van der Waals surface area (Å²) in [5.74, 6) is -0.0429. The van der Waals surface area contributed by atoms with Crippen molar-refractivity contribution in [2.75, 3.05) is 5.73 Å². The van der Waals surface area contributed by atoms with Gasteiger partial charge in [0.15, 0.2) is 0 Å². The third-order valence-electron chi connectivity index (χ3n) is 2.95. The maximum absolute atomic E-state index is 11.8. The summed E-state index contributed by atoms with van der Waals surface area (Å²) in [5, 5.41) is 13.2. The minimum absolute atomic E-state index is 0.176. The van der Waals surface area contributed by atoms with E-state index in [4.69, 9.17) is 5.73 Å². The van der Waals surface area contributed by atoms with Gasteiger partial charge in [-0.1, -0.05) is 24.3 Å². The lowest BCUT2D eigenvalue weighted by molar-refractivity contribution is -0.120. The highest BCUT2D eigenvalue weighted by molar-refractivity contribution is 5.99. The molecule has 0 saturated heterocycles. The third-order valence-corrected chi connectivity index (χ3v) is 2.95. The highest BCUT2D eigenvalue weighted by atomic mass is 16.3. The minimum atomic E-state index is -0.219. The SMILES string of the molecule is C/C(=N/NC(=O)Cc1ccc(O)cc1)c1cccc(N)c1. The fourth-order valence-electron chi connectivity index (χ4n) is 1.81. The zero-order valence-electron chi connectivity index (χ0n) is 11.7. The van der Waals surface area contributed by atoms with Crippen molar-refractivity contribution in [3.05, 3.63) is 59.7 Å². The molecule has 108 valence electrons. The average molecular weight is 283 g/mol. The first-order valence-corrected chi connectivity index (χ1v) is 6.51. The molecule has 1 amide bonds. The normalized spacial score (nSPS) is 11.2. The summed E-state index contributed by atoms with van der Waals surface area (Å²) in [4.78, 5) is 11.8. The number of nitrogens with two attached hydrogens (primary N) is 1. The van der Waals surface area contributed by atoms with Crippen molar-refractivity contribution in [1.82, 2.24) is 5.43 Å². The van der Waals surface area contributed by atoms with Crippen LogP contribution in [0.3, 0.4) is 0 Å². The number of benzene rings is 2. The van der Waals surface area contributed by atoms with Gasteiger partial charge in [-0.05, 0) is 42.3 Å². The van der Waals surface area contributed by atoms with Crippen LogP contribution in [0.4, 0.5) is 5.69 Å². The number of anilines is 1. The van der Waals surface area contributed by atoms with Crippen molar-refractivity contribution < 1.29 is 9.90 Å². The van der Waals surface area contributed by atoms with Gasteiger partial charge in [0, 0.05) is 5.69 Å². The fourth-order valence-corrected chi connectivity index (χ4v) is 1.81. The van der Waals surface area contributed by atoms with Crippen LogP contribution in [0.15, 0.2) is 53.6 Å². The van der Waals surface area contributed by atoms with Gasteiger partial charge in [-0.2, -0.15) is 5.10 Å². The maximum atomic E-state index is 11.8. The largest absolute Gasteiger partial charge is 0.508 e. The Morgan fingerprint density at radius 2 is 1.95 bits per heavy atom. The Bertz CT molecular complexity index is 663. The molecule has 0 unspecified atom stereocenters. The van der Waals surface area contributed by atoms with Crippen molar-refractivity contribution in [2.45, 2.75) is 13.3 Å². The maximum Gasteiger partial charge on any atom is 0.244 e. The van der Waals surface area contributed by atoms with Crippen LogP contribution >= 0.6 is 0 Å². The van der Waals surface area contributed by atoms with Gasteiger partial charge >= 0.3 is 0 Å². The van der Waals surface area contributed by atoms with Crippen molar-refractivity contribution in [1.29, 1.82) is 0 Å². The Labute approximate surface area is 123 Å². The van der Waals surface area contributed by atoms with E-state index in [1.54, 1.807) is 43.3 Å². The van der Waals surface area contributed by atoms with Crippen molar-refractivity contribution >= 4 is 17.3 Å². The summed E-state index contributed by atoms with van der Waals surface area (Å²) in [5.41, 5.74) is 11.2. The zero-order chi connectivity index (χ0) is 15.2. The molecule has 2 aromatic rings. The molecule has 2 aromatic carbocycles. The number of nitrogens with zero attached hydrogens (tertiary/aromatic N) is 1. The number of nitrogens with one attached hydrogen (secondary N) is 1. The Morgan fingerprint density at radius 3 is 2.62 bits per heavy atom. The van der Waals surface area contributed by atoms with E-state index in [0.717, 1.165) is 11.1 Å². The van der Waals surface area contributed by atoms with Crippen LogP contribution in [0, 0.1) is 0 Å². The molecule has 0 heterocycles. The van der Waals surface area contributed by atoms with Crippen molar-refractivity contribution in [2.24, 2.45) is 5.10 Å². The second-order valence-electron chi connectivity index (χ2n) is 4.70. The summed E-state index contributed by atoms with van der Waals surface area (Å²) < 4.78 is 0. The van der Waals surface area contributed by atoms with Gasteiger partial charge in [0.2, 0.25) is 5.91 Å². The second kappa shape index (κ2) is 6.56. The molecule has 5 heteroatoms. The molecule has 0 fully saturated rings. The Kier molecular flexibility index (Phi) is 4.56. The Balaban J connectivity index is 1.96. The summed E-state index contributed by atoms with van der Waals surface area (Å²) in [6.45, 7) is 1.80. The first kappa shape index (κ1) is 14.6. The van der Waals surface area contributed by atoms with Gasteiger partial charge in [-0.3, -0.25) is 4.79 Å². The number of nitrogen functional groups attached to an aromatic ring is 1. The second-order valence-corrected chi connectivity index (χ2v) is 4.70. The molecule has 0 aromatic heterocycles. The lowest BCUT2D eigenvalue weighted by Crippen LogP contribution is -2.21. The summed E-state index contributed by atoms with van der Waals surface area (Å²) in [7, 11) is 0. The van der Waals surface area contributed by atoms with E-state index in [1.165, 1.54) is 0 Å². The van der Waals surface area contributed by atoms with Crippen LogP contribution in [0.5, 0.6) is 5.75 Å². The van der Waals surface area contributed by atoms with Crippen LogP contribution in [0.2, 0.25) is 0 Å². The molecule has 0 bridgehead atoms. The number of phenols is 1. The van der Waals surface area contributed by atoms with Crippen LogP contribution in [-0.2, 0) is 11.2 Å². The van der Waals surface area contributed by atoms with E-state index in [-0.39, 0.29) is 18.1 Å². The van der Waals surface area contributed by atoms with Gasteiger partial charge < -0.3 is 10.8 Å². The highest BCUT2D eigenvalue weighted by Gasteiger charge is 2.03. The number of rotatable bonds is 4. The van der Waals surface area contributed by atoms with E-state index in [9.17, 15) is 9.90 Å². The number of hydrazone groups is 1. The molecular weight excluding hydrogens is 266 g/mol. The summed E-state index contributed by atoms with van der Waals surface area (Å²) in [6, 6.07) is 13.8. The van der Waals surface area contributed by atoms with E-state index in [2.05, 4.69) is 10.5 Å². The molecule has 0 spiro atoms.